The number of amidine groups is 1. The zero-order chi connectivity index (χ0) is 12.5. The number of hydrogen-bond acceptors (Lipinski definition) is 3. The number of hydrogen-bond donors (Lipinski definition) is 1. The standard InChI is InChI=1S/C12H21N3O2/c1-12(8-9-4-3-5-9)10(13)14-11(16)15(12)6-7-17-2/h9H,3-8H2,1-2H3,(H2,13,14,16). The largest absolute Gasteiger partial charge is 0.385 e. The number of nitrogens with two attached hydrogens (primary N) is 1. The minimum absolute atomic E-state index is 0.221. The number of ether oxygens (including phenoxy) is 1. The molecule has 1 aliphatic carbocycles. The summed E-state index contributed by atoms with van der Waals surface area (Å²) in [5.41, 5.74) is 5.54. The Hall–Kier alpha value is -1.10. The average Bonchev–Trinajstić information content (AvgIpc) is 2.43. The number of carbonyl (C=O) groups excluding carboxylic acids is 1. The van der Waals surface area contributed by atoms with E-state index < -0.39 is 5.54 Å². The molecule has 2 rings (SSSR count). The molecule has 1 fully saturated rings. The molecule has 0 spiro atoms. The molecule has 1 unspecified atom stereocenters. The molecule has 2 amide bonds. The lowest BCUT2D eigenvalue weighted by atomic mass is 9.76. The van der Waals surface area contributed by atoms with Crippen molar-refractivity contribution < 1.29 is 9.53 Å². The Labute approximate surface area is 102 Å². The number of amides is 2. The van der Waals surface area contributed by atoms with Crippen molar-refractivity contribution in [1.82, 2.24) is 4.90 Å². The van der Waals surface area contributed by atoms with Gasteiger partial charge < -0.3 is 15.4 Å². The number of methoxy groups -OCH3 is 1. The zero-order valence-corrected chi connectivity index (χ0v) is 10.6. The third-order valence-corrected chi connectivity index (χ3v) is 4.02. The summed E-state index contributed by atoms with van der Waals surface area (Å²) in [4.78, 5) is 17.5. The fourth-order valence-electron chi connectivity index (χ4n) is 2.63. The van der Waals surface area contributed by atoms with Crippen LogP contribution in [0.5, 0.6) is 0 Å². The molecule has 0 aromatic rings. The van der Waals surface area contributed by atoms with Gasteiger partial charge in [0.15, 0.2) is 0 Å². The van der Waals surface area contributed by atoms with Gasteiger partial charge in [-0.3, -0.25) is 0 Å². The van der Waals surface area contributed by atoms with Gasteiger partial charge in [-0.25, -0.2) is 4.79 Å². The Balaban J connectivity index is 2.08. The van der Waals surface area contributed by atoms with E-state index >= 15 is 0 Å². The second kappa shape index (κ2) is 4.64. The predicted octanol–water partition coefficient (Wildman–Crippen LogP) is 1.37. The molecule has 0 aromatic carbocycles. The second-order valence-electron chi connectivity index (χ2n) is 5.20. The van der Waals surface area contributed by atoms with Crippen LogP contribution in [-0.2, 0) is 4.74 Å². The molecule has 1 aliphatic heterocycles. The molecule has 0 saturated heterocycles. The summed E-state index contributed by atoms with van der Waals surface area (Å²) in [7, 11) is 1.63. The van der Waals surface area contributed by atoms with E-state index in [1.54, 1.807) is 12.0 Å². The highest BCUT2D eigenvalue weighted by atomic mass is 16.5. The minimum Gasteiger partial charge on any atom is -0.385 e. The van der Waals surface area contributed by atoms with Crippen molar-refractivity contribution in [3.8, 4) is 0 Å². The third-order valence-electron chi connectivity index (χ3n) is 4.02. The van der Waals surface area contributed by atoms with Crippen molar-refractivity contribution in [2.45, 2.75) is 38.1 Å². The van der Waals surface area contributed by atoms with Crippen molar-refractivity contribution in [2.75, 3.05) is 20.3 Å². The number of urea groups is 1. The van der Waals surface area contributed by atoms with Crippen LogP contribution in [-0.4, -0.2) is 42.6 Å². The lowest BCUT2D eigenvalue weighted by molar-refractivity contribution is 0.108. The van der Waals surface area contributed by atoms with Gasteiger partial charge >= 0.3 is 6.03 Å². The van der Waals surface area contributed by atoms with Gasteiger partial charge in [-0.05, 0) is 19.3 Å². The van der Waals surface area contributed by atoms with Gasteiger partial charge in [-0.1, -0.05) is 19.3 Å². The van der Waals surface area contributed by atoms with E-state index in [0.29, 0.717) is 24.9 Å². The number of carbonyl (C=O) groups is 1. The Bertz CT molecular complexity index is 339. The normalized spacial score (nSPS) is 29.4. The van der Waals surface area contributed by atoms with E-state index in [1.807, 2.05) is 6.92 Å². The highest BCUT2D eigenvalue weighted by molar-refractivity contribution is 6.05. The minimum atomic E-state index is -0.402. The molecule has 0 bridgehead atoms. The average molecular weight is 239 g/mol. The quantitative estimate of drug-likeness (QED) is 0.788. The van der Waals surface area contributed by atoms with Gasteiger partial charge in [0.1, 0.15) is 5.84 Å². The van der Waals surface area contributed by atoms with E-state index in [1.165, 1.54) is 19.3 Å². The topological polar surface area (TPSA) is 67.9 Å². The van der Waals surface area contributed by atoms with Crippen LogP contribution in [0.4, 0.5) is 4.79 Å². The van der Waals surface area contributed by atoms with E-state index in [0.717, 1.165) is 6.42 Å². The molecule has 0 aromatic heterocycles. The lowest BCUT2D eigenvalue weighted by Gasteiger charge is -2.39. The molecular weight excluding hydrogens is 218 g/mol. The summed E-state index contributed by atoms with van der Waals surface area (Å²) in [5.74, 6) is 1.15. The van der Waals surface area contributed by atoms with Crippen molar-refractivity contribution in [3.05, 3.63) is 0 Å². The maximum absolute atomic E-state index is 11.8. The van der Waals surface area contributed by atoms with Crippen LogP contribution in [0.25, 0.3) is 0 Å². The van der Waals surface area contributed by atoms with E-state index in [9.17, 15) is 4.79 Å². The number of nitrogens with zero attached hydrogens (tertiary/aromatic N) is 2. The van der Waals surface area contributed by atoms with Crippen LogP contribution < -0.4 is 5.73 Å². The first kappa shape index (κ1) is 12.4. The van der Waals surface area contributed by atoms with Gasteiger partial charge in [0, 0.05) is 13.7 Å². The molecule has 2 aliphatic rings. The van der Waals surface area contributed by atoms with Crippen LogP contribution in [0, 0.1) is 5.92 Å². The first-order valence-electron chi connectivity index (χ1n) is 6.23. The molecule has 5 heteroatoms. The molecule has 1 heterocycles. The summed E-state index contributed by atoms with van der Waals surface area (Å²) >= 11 is 0. The smallest absolute Gasteiger partial charge is 0.346 e. The van der Waals surface area contributed by atoms with Crippen molar-refractivity contribution in [3.63, 3.8) is 0 Å². The molecule has 0 radical (unpaired) electrons. The Morgan fingerprint density at radius 3 is 2.82 bits per heavy atom. The van der Waals surface area contributed by atoms with E-state index in [-0.39, 0.29) is 6.03 Å². The summed E-state index contributed by atoms with van der Waals surface area (Å²) in [6.45, 7) is 3.10. The van der Waals surface area contributed by atoms with Gasteiger partial charge in [0.25, 0.3) is 0 Å². The van der Waals surface area contributed by atoms with Crippen LogP contribution in [0.3, 0.4) is 0 Å². The summed E-state index contributed by atoms with van der Waals surface area (Å²) < 4.78 is 5.04. The van der Waals surface area contributed by atoms with Crippen LogP contribution in [0.1, 0.15) is 32.6 Å². The highest BCUT2D eigenvalue weighted by Crippen LogP contribution is 2.38. The molecule has 1 saturated carbocycles. The van der Waals surface area contributed by atoms with Gasteiger partial charge in [-0.2, -0.15) is 4.99 Å². The third kappa shape index (κ3) is 2.16. The van der Waals surface area contributed by atoms with Crippen molar-refractivity contribution in [2.24, 2.45) is 16.6 Å². The molecule has 2 N–H and O–H groups in total. The Kier molecular flexibility index (Phi) is 3.38. The van der Waals surface area contributed by atoms with Crippen molar-refractivity contribution >= 4 is 11.9 Å². The van der Waals surface area contributed by atoms with Gasteiger partial charge in [0.05, 0.1) is 12.1 Å². The summed E-state index contributed by atoms with van der Waals surface area (Å²) in [6.07, 6.45) is 4.71. The molecule has 5 nitrogen and oxygen atoms in total. The number of rotatable bonds is 5. The summed E-state index contributed by atoms with van der Waals surface area (Å²) in [5, 5.41) is 0. The number of aliphatic imine (C=N–C) groups is 1. The molecular formula is C12H21N3O2. The molecule has 96 valence electrons. The maximum atomic E-state index is 11.8. The van der Waals surface area contributed by atoms with Crippen LogP contribution in [0.2, 0.25) is 0 Å². The maximum Gasteiger partial charge on any atom is 0.346 e. The van der Waals surface area contributed by atoms with Gasteiger partial charge in [-0.15, -0.1) is 0 Å². The van der Waals surface area contributed by atoms with Gasteiger partial charge in [0.2, 0.25) is 0 Å². The SMILES string of the molecule is COCCN1C(=O)N=C(N)C1(C)CC1CCC1. The second-order valence-corrected chi connectivity index (χ2v) is 5.20. The first-order chi connectivity index (χ1) is 8.08. The fraction of sp³-hybridized carbons (Fsp3) is 0.833. The Morgan fingerprint density at radius 2 is 2.29 bits per heavy atom. The predicted molar refractivity (Wildman–Crippen MR) is 66.0 cm³/mol. The highest BCUT2D eigenvalue weighted by Gasteiger charge is 2.46. The lowest BCUT2D eigenvalue weighted by Crippen LogP contribution is -2.54. The van der Waals surface area contributed by atoms with E-state index in [2.05, 4.69) is 4.99 Å². The molecule has 1 atom stereocenters. The monoisotopic (exact) mass is 239 g/mol. The Morgan fingerprint density at radius 1 is 1.59 bits per heavy atom. The summed E-state index contributed by atoms with van der Waals surface area (Å²) in [6, 6.07) is -0.221. The fourth-order valence-corrected chi connectivity index (χ4v) is 2.63. The van der Waals surface area contributed by atoms with E-state index in [4.69, 9.17) is 10.5 Å². The zero-order valence-electron chi connectivity index (χ0n) is 10.6. The van der Waals surface area contributed by atoms with Crippen LogP contribution in [0.15, 0.2) is 4.99 Å². The van der Waals surface area contributed by atoms with Crippen LogP contribution >= 0.6 is 0 Å². The molecule has 17 heavy (non-hydrogen) atoms. The first-order valence-corrected chi connectivity index (χ1v) is 6.23. The van der Waals surface area contributed by atoms with Crippen molar-refractivity contribution in [1.29, 1.82) is 0 Å².